The van der Waals surface area contributed by atoms with Crippen molar-refractivity contribution in [1.82, 2.24) is 25.4 Å². The van der Waals surface area contributed by atoms with Crippen molar-refractivity contribution in [3.63, 3.8) is 0 Å². The van der Waals surface area contributed by atoms with Gasteiger partial charge in [0.2, 0.25) is 5.82 Å². The predicted octanol–water partition coefficient (Wildman–Crippen LogP) is 0.236. The van der Waals surface area contributed by atoms with Crippen LogP contribution in [0.5, 0.6) is 0 Å². The lowest BCUT2D eigenvalue weighted by molar-refractivity contribution is 0.0891. The van der Waals surface area contributed by atoms with Crippen LogP contribution in [0.25, 0.3) is 0 Å². The molecule has 0 saturated heterocycles. The van der Waals surface area contributed by atoms with Gasteiger partial charge in [0, 0.05) is 19.0 Å². The molecular formula is C12H23N5O2. The number of hydrogen-bond donors (Lipinski definition) is 2. The molecule has 0 atom stereocenters. The van der Waals surface area contributed by atoms with Gasteiger partial charge in [-0.2, -0.15) is 0 Å². The predicted molar refractivity (Wildman–Crippen MR) is 72.2 cm³/mol. The number of likely N-dealkylation sites (N-methyl/N-ethyl adjacent to an activating group) is 1. The van der Waals surface area contributed by atoms with Gasteiger partial charge in [0.05, 0.1) is 13.2 Å². The van der Waals surface area contributed by atoms with Crippen LogP contribution in [-0.4, -0.2) is 66.4 Å². The van der Waals surface area contributed by atoms with E-state index in [1.54, 1.807) is 0 Å². The minimum atomic E-state index is -0.278. The molecule has 0 aliphatic carbocycles. The fourth-order valence-corrected chi connectivity index (χ4v) is 1.30. The number of hydrogen-bond acceptors (Lipinski definition) is 5. The fraction of sp³-hybridized carbons (Fsp3) is 0.750. The zero-order valence-electron chi connectivity index (χ0n) is 12.1. The van der Waals surface area contributed by atoms with Crippen molar-refractivity contribution < 1.29 is 9.53 Å². The minimum absolute atomic E-state index is 0.178. The quantitative estimate of drug-likeness (QED) is 0.660. The van der Waals surface area contributed by atoms with Gasteiger partial charge in [-0.05, 0) is 14.1 Å². The molecule has 2 N–H and O–H groups in total. The Morgan fingerprint density at radius 3 is 2.74 bits per heavy atom. The van der Waals surface area contributed by atoms with Crippen LogP contribution >= 0.6 is 0 Å². The molecule has 7 nitrogen and oxygen atoms in total. The summed E-state index contributed by atoms with van der Waals surface area (Å²) < 4.78 is 5.37. The number of aromatic amines is 1. The van der Waals surface area contributed by atoms with E-state index in [4.69, 9.17) is 4.74 Å². The molecule has 7 heteroatoms. The Kier molecular flexibility index (Phi) is 6.44. The number of aromatic nitrogens is 3. The molecule has 1 heterocycles. The third-order valence-electron chi connectivity index (χ3n) is 2.47. The van der Waals surface area contributed by atoms with Gasteiger partial charge >= 0.3 is 0 Å². The number of H-pyrrole nitrogens is 1. The lowest BCUT2D eigenvalue weighted by atomic mass is 10.2. The van der Waals surface area contributed by atoms with E-state index in [1.807, 2.05) is 32.8 Å². The summed E-state index contributed by atoms with van der Waals surface area (Å²) in [5.41, 5.74) is 0. The van der Waals surface area contributed by atoms with Crippen LogP contribution in [0.1, 0.15) is 36.2 Å². The van der Waals surface area contributed by atoms with Gasteiger partial charge in [0.25, 0.3) is 5.91 Å². The fourth-order valence-electron chi connectivity index (χ4n) is 1.30. The van der Waals surface area contributed by atoms with Gasteiger partial charge in [-0.1, -0.05) is 13.8 Å². The Bertz CT molecular complexity index is 389. The molecule has 1 amide bonds. The normalized spacial score (nSPS) is 11.3. The minimum Gasteiger partial charge on any atom is -0.378 e. The van der Waals surface area contributed by atoms with E-state index in [-0.39, 0.29) is 17.6 Å². The van der Waals surface area contributed by atoms with Gasteiger partial charge in [0.15, 0.2) is 0 Å². The maximum atomic E-state index is 11.7. The number of rotatable bonds is 8. The van der Waals surface area contributed by atoms with E-state index in [0.717, 1.165) is 6.54 Å². The highest BCUT2D eigenvalue weighted by atomic mass is 16.5. The Morgan fingerprint density at radius 2 is 2.16 bits per heavy atom. The number of nitrogens with one attached hydrogen (secondary N) is 2. The number of carbonyl (C=O) groups excluding carboxylic acids is 1. The topological polar surface area (TPSA) is 83.1 Å². The maximum Gasteiger partial charge on any atom is 0.291 e. The first-order valence-electron chi connectivity index (χ1n) is 6.43. The molecule has 1 aromatic heterocycles. The molecule has 1 rings (SSSR count). The standard InChI is InChI=1S/C12H23N5O2/c1-9(2)10-14-11(16-15-10)12(18)13-5-7-19-8-6-17(3)4/h9H,5-8H2,1-4H3,(H,13,18)(H,14,15,16). The second-order valence-corrected chi connectivity index (χ2v) is 4.87. The summed E-state index contributed by atoms with van der Waals surface area (Å²) in [5, 5.41) is 9.35. The number of amides is 1. The summed E-state index contributed by atoms with van der Waals surface area (Å²) in [5.74, 6) is 0.840. The lowest BCUT2D eigenvalue weighted by Gasteiger charge is -2.09. The number of ether oxygens (including phenoxy) is 1. The molecule has 0 unspecified atom stereocenters. The van der Waals surface area contributed by atoms with Gasteiger partial charge in [0.1, 0.15) is 5.82 Å². The maximum absolute atomic E-state index is 11.7. The van der Waals surface area contributed by atoms with Gasteiger partial charge in [-0.15, -0.1) is 5.10 Å². The number of nitrogens with zero attached hydrogens (tertiary/aromatic N) is 3. The third-order valence-corrected chi connectivity index (χ3v) is 2.47. The van der Waals surface area contributed by atoms with Crippen molar-refractivity contribution in [3.05, 3.63) is 11.6 Å². The highest BCUT2D eigenvalue weighted by Gasteiger charge is 2.13. The smallest absolute Gasteiger partial charge is 0.291 e. The van der Waals surface area contributed by atoms with Crippen LogP contribution in [0.3, 0.4) is 0 Å². The van der Waals surface area contributed by atoms with Crippen LogP contribution in [0, 0.1) is 0 Å². The molecule has 0 radical (unpaired) electrons. The van der Waals surface area contributed by atoms with Crippen molar-refractivity contribution in [2.24, 2.45) is 0 Å². The summed E-state index contributed by atoms with van der Waals surface area (Å²) in [4.78, 5) is 17.9. The first-order valence-corrected chi connectivity index (χ1v) is 6.43. The molecule has 0 bridgehead atoms. The lowest BCUT2D eigenvalue weighted by Crippen LogP contribution is -2.29. The van der Waals surface area contributed by atoms with Crippen molar-refractivity contribution in [3.8, 4) is 0 Å². The first-order chi connectivity index (χ1) is 9.00. The van der Waals surface area contributed by atoms with Crippen LogP contribution in [0.4, 0.5) is 0 Å². The van der Waals surface area contributed by atoms with Crippen molar-refractivity contribution in [1.29, 1.82) is 0 Å². The Labute approximate surface area is 113 Å². The van der Waals surface area contributed by atoms with Crippen LogP contribution in [0.2, 0.25) is 0 Å². The molecule has 1 aromatic rings. The number of carbonyl (C=O) groups is 1. The van der Waals surface area contributed by atoms with Gasteiger partial charge in [-0.25, -0.2) is 4.98 Å². The molecular weight excluding hydrogens is 246 g/mol. The van der Waals surface area contributed by atoms with Crippen LogP contribution in [-0.2, 0) is 4.74 Å². The van der Waals surface area contributed by atoms with E-state index in [9.17, 15) is 4.79 Å². The SMILES string of the molecule is CC(C)c1nc(C(=O)NCCOCCN(C)C)n[nH]1. The molecule has 0 fully saturated rings. The summed E-state index contributed by atoms with van der Waals surface area (Å²) in [6, 6.07) is 0. The zero-order valence-corrected chi connectivity index (χ0v) is 12.1. The van der Waals surface area contributed by atoms with E-state index in [2.05, 4.69) is 20.5 Å². The molecule has 0 aromatic carbocycles. The first kappa shape index (κ1) is 15.6. The van der Waals surface area contributed by atoms with Gasteiger partial charge in [-0.3, -0.25) is 9.89 Å². The van der Waals surface area contributed by atoms with E-state index in [1.165, 1.54) is 0 Å². The molecule has 0 saturated carbocycles. The van der Waals surface area contributed by atoms with Crippen molar-refractivity contribution in [2.45, 2.75) is 19.8 Å². The Morgan fingerprint density at radius 1 is 1.42 bits per heavy atom. The summed E-state index contributed by atoms with van der Waals surface area (Å²) in [6.07, 6.45) is 0. The second-order valence-electron chi connectivity index (χ2n) is 4.87. The molecule has 19 heavy (non-hydrogen) atoms. The molecule has 0 aliphatic rings. The van der Waals surface area contributed by atoms with E-state index < -0.39 is 0 Å². The zero-order chi connectivity index (χ0) is 14.3. The Balaban J connectivity index is 2.20. The average Bonchev–Trinajstić information content (AvgIpc) is 2.82. The van der Waals surface area contributed by atoms with Gasteiger partial charge < -0.3 is 15.0 Å². The van der Waals surface area contributed by atoms with Crippen molar-refractivity contribution >= 4 is 5.91 Å². The van der Waals surface area contributed by atoms with Crippen LogP contribution in [0.15, 0.2) is 0 Å². The van der Waals surface area contributed by atoms with E-state index >= 15 is 0 Å². The second kappa shape index (κ2) is 7.85. The third kappa shape index (κ3) is 5.80. The monoisotopic (exact) mass is 269 g/mol. The summed E-state index contributed by atoms with van der Waals surface area (Å²) in [6.45, 7) is 6.44. The largest absolute Gasteiger partial charge is 0.378 e. The summed E-state index contributed by atoms with van der Waals surface area (Å²) >= 11 is 0. The highest BCUT2D eigenvalue weighted by Crippen LogP contribution is 2.07. The molecule has 108 valence electrons. The Hall–Kier alpha value is -1.47. The highest BCUT2D eigenvalue weighted by molar-refractivity contribution is 5.90. The molecule has 0 aliphatic heterocycles. The molecule has 0 spiro atoms. The summed E-state index contributed by atoms with van der Waals surface area (Å²) in [7, 11) is 3.97. The average molecular weight is 269 g/mol. The van der Waals surface area contributed by atoms with E-state index in [0.29, 0.717) is 25.6 Å². The van der Waals surface area contributed by atoms with Crippen LogP contribution < -0.4 is 5.32 Å². The van der Waals surface area contributed by atoms with Crippen molar-refractivity contribution in [2.75, 3.05) is 40.4 Å².